The molecule has 3 rings (SSSR count). The van der Waals surface area contributed by atoms with Crippen molar-refractivity contribution in [3.05, 3.63) is 18.1 Å². The van der Waals surface area contributed by atoms with Gasteiger partial charge < -0.3 is 19.7 Å². The highest BCUT2D eigenvalue weighted by Crippen LogP contribution is 2.52. The van der Waals surface area contributed by atoms with E-state index in [9.17, 15) is 9.59 Å². The smallest absolute Gasteiger partial charge is 0.410 e. The fraction of sp³-hybridized carbons (Fsp3) is 0.700. The van der Waals surface area contributed by atoms with Crippen LogP contribution in [0.3, 0.4) is 0 Å². The van der Waals surface area contributed by atoms with Gasteiger partial charge in [-0.1, -0.05) is 0 Å². The van der Waals surface area contributed by atoms with E-state index < -0.39 is 11.1 Å². The number of fused-ring (bicyclic) bond motifs is 1. The molecule has 2 fully saturated rings. The lowest BCUT2D eigenvalue weighted by molar-refractivity contribution is -0.125. The topological polar surface area (TPSA) is 93.7 Å². The Morgan fingerprint density at radius 3 is 2.43 bits per heavy atom. The number of carbonyl (C=O) groups excluding carboxylic acids is 2. The third-order valence-corrected chi connectivity index (χ3v) is 5.03. The Balaban J connectivity index is 1.46. The lowest BCUT2D eigenvalue weighted by Crippen LogP contribution is -2.49. The van der Waals surface area contributed by atoms with Crippen LogP contribution >= 0.6 is 0 Å². The zero-order chi connectivity index (χ0) is 20.7. The van der Waals surface area contributed by atoms with Crippen molar-refractivity contribution in [2.75, 3.05) is 19.7 Å². The van der Waals surface area contributed by atoms with E-state index in [1.807, 2.05) is 41.5 Å². The molecule has 2 amide bonds. The lowest BCUT2D eigenvalue weighted by atomic mass is 10.1. The molecule has 1 aromatic rings. The number of aromatic nitrogens is 2. The summed E-state index contributed by atoms with van der Waals surface area (Å²) in [5.74, 6) is 0.931. The fourth-order valence-electron chi connectivity index (χ4n) is 3.63. The summed E-state index contributed by atoms with van der Waals surface area (Å²) >= 11 is 0. The molecule has 0 spiro atoms. The molecule has 1 saturated heterocycles. The van der Waals surface area contributed by atoms with E-state index in [1.54, 1.807) is 11.1 Å². The number of carbonyl (C=O) groups is 2. The second-order valence-electron chi connectivity index (χ2n) is 9.41. The molecular formula is C20H30N4O4. The van der Waals surface area contributed by atoms with Gasteiger partial charge in [-0.2, -0.15) is 0 Å². The third kappa shape index (κ3) is 4.72. The predicted octanol–water partition coefficient (Wildman–Crippen LogP) is 2.17. The van der Waals surface area contributed by atoms with Crippen molar-refractivity contribution in [2.45, 2.75) is 52.7 Å². The molecule has 8 nitrogen and oxygen atoms in total. The number of amides is 2. The van der Waals surface area contributed by atoms with Crippen LogP contribution in [0.2, 0.25) is 0 Å². The van der Waals surface area contributed by atoms with Crippen molar-refractivity contribution in [3.8, 4) is 5.88 Å². The van der Waals surface area contributed by atoms with Crippen molar-refractivity contribution in [2.24, 2.45) is 17.8 Å². The number of hydrogen-bond acceptors (Lipinski definition) is 6. The lowest BCUT2D eigenvalue weighted by Gasteiger charge is -2.28. The molecule has 1 N–H and O–H groups in total. The number of nitrogens with zero attached hydrogens (tertiary/aromatic N) is 3. The third-order valence-electron chi connectivity index (χ3n) is 5.03. The highest BCUT2D eigenvalue weighted by atomic mass is 16.6. The Kier molecular flexibility index (Phi) is 5.25. The summed E-state index contributed by atoms with van der Waals surface area (Å²) in [4.78, 5) is 34.6. The maximum atomic E-state index is 12.7. The minimum absolute atomic E-state index is 0.0202. The first-order valence-corrected chi connectivity index (χ1v) is 9.66. The summed E-state index contributed by atoms with van der Waals surface area (Å²) in [6, 6.07) is 0. The Bertz CT molecular complexity index is 747. The number of likely N-dealkylation sites (tertiary alicyclic amines) is 1. The van der Waals surface area contributed by atoms with Crippen molar-refractivity contribution in [1.29, 1.82) is 0 Å². The van der Waals surface area contributed by atoms with Crippen LogP contribution in [0.4, 0.5) is 4.79 Å². The van der Waals surface area contributed by atoms with Crippen molar-refractivity contribution in [1.82, 2.24) is 20.2 Å². The van der Waals surface area contributed by atoms with Gasteiger partial charge in [-0.25, -0.2) is 14.8 Å². The maximum absolute atomic E-state index is 12.7. The standard InChI is InChI=1S/C20H30N4O4/c1-12-7-21-11-22-17(12)27-10-20(5,6)23-16(25)15-13-8-24(9-14(13)15)18(26)28-19(2,3)4/h7,11,13-15H,8-10H2,1-6H3,(H,23,25)/t13-,14+,15?. The van der Waals surface area contributed by atoms with Gasteiger partial charge in [-0.05, 0) is 53.4 Å². The summed E-state index contributed by atoms with van der Waals surface area (Å²) in [5.41, 5.74) is -0.188. The van der Waals surface area contributed by atoms with Crippen LogP contribution in [-0.4, -0.2) is 57.7 Å². The molecule has 2 heterocycles. The second-order valence-corrected chi connectivity index (χ2v) is 9.41. The van der Waals surface area contributed by atoms with E-state index in [0.717, 1.165) is 5.56 Å². The monoisotopic (exact) mass is 390 g/mol. The van der Waals surface area contributed by atoms with Gasteiger partial charge in [0.05, 0.1) is 5.54 Å². The number of aryl methyl sites for hydroxylation is 1. The van der Waals surface area contributed by atoms with Gasteiger partial charge in [-0.3, -0.25) is 4.79 Å². The zero-order valence-corrected chi connectivity index (χ0v) is 17.5. The minimum Gasteiger partial charge on any atom is -0.475 e. The van der Waals surface area contributed by atoms with Crippen molar-refractivity contribution >= 4 is 12.0 Å². The summed E-state index contributed by atoms with van der Waals surface area (Å²) in [6.45, 7) is 12.7. The predicted molar refractivity (Wildman–Crippen MR) is 103 cm³/mol. The number of piperidine rings is 1. The first-order chi connectivity index (χ1) is 13.0. The molecule has 3 atom stereocenters. The quantitative estimate of drug-likeness (QED) is 0.828. The highest BCUT2D eigenvalue weighted by molar-refractivity contribution is 5.84. The first-order valence-electron chi connectivity index (χ1n) is 9.66. The van der Waals surface area contributed by atoms with E-state index in [0.29, 0.717) is 25.6 Å². The SMILES string of the molecule is Cc1cncnc1OCC(C)(C)NC(=O)C1[C@H]2CN(C(=O)OC(C)(C)C)C[C@@H]12. The molecule has 154 valence electrons. The van der Waals surface area contributed by atoms with Gasteiger partial charge >= 0.3 is 6.09 Å². The molecule has 1 aliphatic carbocycles. The number of nitrogens with one attached hydrogen (secondary N) is 1. The Labute approximate surface area is 166 Å². The van der Waals surface area contributed by atoms with Crippen LogP contribution in [0.15, 0.2) is 12.5 Å². The Hall–Kier alpha value is -2.38. The van der Waals surface area contributed by atoms with E-state index in [4.69, 9.17) is 9.47 Å². The molecule has 1 unspecified atom stereocenters. The molecule has 1 aliphatic heterocycles. The molecule has 0 radical (unpaired) electrons. The van der Waals surface area contributed by atoms with E-state index in [1.165, 1.54) is 6.33 Å². The van der Waals surface area contributed by atoms with Gasteiger partial charge in [0.1, 0.15) is 18.5 Å². The number of rotatable bonds is 5. The van der Waals surface area contributed by atoms with Gasteiger partial charge in [0, 0.05) is 30.8 Å². The largest absolute Gasteiger partial charge is 0.475 e. The summed E-state index contributed by atoms with van der Waals surface area (Å²) in [6.07, 6.45) is 2.83. The zero-order valence-electron chi connectivity index (χ0n) is 17.5. The van der Waals surface area contributed by atoms with Crippen molar-refractivity contribution in [3.63, 3.8) is 0 Å². The molecule has 2 aliphatic rings. The van der Waals surface area contributed by atoms with E-state index >= 15 is 0 Å². The Morgan fingerprint density at radius 1 is 1.21 bits per heavy atom. The summed E-state index contributed by atoms with van der Waals surface area (Å²) in [5, 5.41) is 3.08. The van der Waals surface area contributed by atoms with Crippen LogP contribution in [0.25, 0.3) is 0 Å². The van der Waals surface area contributed by atoms with Crippen LogP contribution in [-0.2, 0) is 9.53 Å². The summed E-state index contributed by atoms with van der Waals surface area (Å²) < 4.78 is 11.2. The van der Waals surface area contributed by atoms with Crippen molar-refractivity contribution < 1.29 is 19.1 Å². The highest BCUT2D eigenvalue weighted by Gasteiger charge is 2.61. The van der Waals surface area contributed by atoms with Gasteiger partial charge in [0.2, 0.25) is 11.8 Å². The maximum Gasteiger partial charge on any atom is 0.410 e. The second kappa shape index (κ2) is 7.22. The van der Waals surface area contributed by atoms with Crippen LogP contribution in [0.5, 0.6) is 5.88 Å². The summed E-state index contributed by atoms with van der Waals surface area (Å²) in [7, 11) is 0. The molecule has 0 bridgehead atoms. The molecule has 8 heteroatoms. The van der Waals surface area contributed by atoms with Gasteiger partial charge in [0.25, 0.3) is 0 Å². The molecule has 1 saturated carbocycles. The minimum atomic E-state index is -0.532. The fourth-order valence-corrected chi connectivity index (χ4v) is 3.63. The molecular weight excluding hydrogens is 360 g/mol. The van der Waals surface area contributed by atoms with Crippen LogP contribution < -0.4 is 10.1 Å². The Morgan fingerprint density at radius 2 is 1.86 bits per heavy atom. The van der Waals surface area contributed by atoms with E-state index in [-0.39, 0.29) is 29.8 Å². The molecule has 28 heavy (non-hydrogen) atoms. The average molecular weight is 390 g/mol. The van der Waals surface area contributed by atoms with E-state index in [2.05, 4.69) is 15.3 Å². The van der Waals surface area contributed by atoms with Gasteiger partial charge in [0.15, 0.2) is 0 Å². The van der Waals surface area contributed by atoms with Gasteiger partial charge in [-0.15, -0.1) is 0 Å². The van der Waals surface area contributed by atoms with Crippen LogP contribution in [0, 0.1) is 24.7 Å². The number of ether oxygens (including phenoxy) is 2. The molecule has 0 aromatic carbocycles. The average Bonchev–Trinajstić information content (AvgIpc) is 3.07. The first kappa shape index (κ1) is 20.4. The normalized spacial score (nSPS) is 23.8. The molecule has 1 aromatic heterocycles. The number of hydrogen-bond donors (Lipinski definition) is 1. The van der Waals surface area contributed by atoms with Crippen LogP contribution in [0.1, 0.15) is 40.2 Å².